The van der Waals surface area contributed by atoms with Crippen molar-refractivity contribution in [1.82, 2.24) is 0 Å². The first-order valence-electron chi connectivity index (χ1n) is 12.3. The van der Waals surface area contributed by atoms with Gasteiger partial charge in [0.15, 0.2) is 0 Å². The van der Waals surface area contributed by atoms with Crippen LogP contribution < -0.4 is 15.9 Å². The first kappa shape index (κ1) is 27.0. The van der Waals surface area contributed by atoms with Crippen LogP contribution in [0, 0.1) is 13.8 Å². The molecule has 0 aliphatic rings. The molecule has 0 aromatic heterocycles. The van der Waals surface area contributed by atoms with Gasteiger partial charge in [-0.2, -0.15) is 0 Å². The van der Waals surface area contributed by atoms with Gasteiger partial charge in [0.1, 0.15) is 11.7 Å². The molecule has 0 saturated carbocycles. The summed E-state index contributed by atoms with van der Waals surface area (Å²) in [6.07, 6.45) is 0. The second-order valence-corrected chi connectivity index (χ2v) is 12.3. The number of phenols is 1. The van der Waals surface area contributed by atoms with Gasteiger partial charge in [-0.05, 0) is 59.4 Å². The Bertz CT molecular complexity index is 1390. The molecule has 0 radical (unpaired) electrons. The minimum absolute atomic E-state index is 0.0341. The van der Waals surface area contributed by atoms with Gasteiger partial charge in [0.2, 0.25) is 0 Å². The van der Waals surface area contributed by atoms with E-state index in [-0.39, 0.29) is 11.0 Å². The Balaban J connectivity index is 2.38. The smallest absolute Gasteiger partial charge is 0.336 e. The Labute approximate surface area is 223 Å². The summed E-state index contributed by atoms with van der Waals surface area (Å²) in [5.41, 5.74) is 1.79. The van der Waals surface area contributed by atoms with Crippen molar-refractivity contribution in [3.8, 4) is 5.75 Å². The van der Waals surface area contributed by atoms with Crippen LogP contribution in [0.25, 0.3) is 0 Å². The van der Waals surface area contributed by atoms with Crippen LogP contribution in [-0.4, -0.2) is 36.6 Å². The summed E-state index contributed by atoms with van der Waals surface area (Å²) in [5, 5.41) is 13.6. The minimum Gasteiger partial charge on any atom is -0.508 e. The summed E-state index contributed by atoms with van der Waals surface area (Å²) >= 11 is 0. The van der Waals surface area contributed by atoms with Gasteiger partial charge in [0, 0.05) is 0 Å². The van der Waals surface area contributed by atoms with Crippen LogP contribution in [0.1, 0.15) is 22.6 Å². The molecule has 6 heteroatoms. The molecular formula is C32H31O5P. The van der Waals surface area contributed by atoms with Crippen LogP contribution in [-0.2, 0) is 19.1 Å². The van der Waals surface area contributed by atoms with Crippen LogP contribution in [0.5, 0.6) is 5.75 Å². The lowest BCUT2D eigenvalue weighted by atomic mass is 9.87. The van der Waals surface area contributed by atoms with Gasteiger partial charge in [0.25, 0.3) is 0 Å². The number of carbonyl (C=O) groups excluding carboxylic acids is 2. The van der Waals surface area contributed by atoms with E-state index >= 15 is 0 Å². The number of esters is 2. The largest absolute Gasteiger partial charge is 0.508 e. The maximum atomic E-state index is 14.1. The zero-order valence-electron chi connectivity index (χ0n) is 21.9. The third-order valence-corrected chi connectivity index (χ3v) is 11.3. The van der Waals surface area contributed by atoms with Gasteiger partial charge in [0.05, 0.1) is 19.5 Å². The van der Waals surface area contributed by atoms with Gasteiger partial charge < -0.3 is 14.6 Å². The molecule has 1 atom stereocenters. The summed E-state index contributed by atoms with van der Waals surface area (Å²) in [7, 11) is 2.64. The zero-order valence-corrected chi connectivity index (χ0v) is 22.8. The molecule has 0 fully saturated rings. The van der Waals surface area contributed by atoms with Gasteiger partial charge in [-0.1, -0.05) is 97.1 Å². The van der Waals surface area contributed by atoms with E-state index in [1.807, 2.05) is 97.9 Å². The highest BCUT2D eigenvalue weighted by molar-refractivity contribution is 7.96. The molecule has 0 spiro atoms. The average molecular weight is 527 g/mol. The van der Waals surface area contributed by atoms with E-state index in [2.05, 4.69) is 0 Å². The number of benzene rings is 4. The number of carbonyl (C=O) groups is 2. The molecular weight excluding hydrogens is 495 g/mol. The molecule has 0 heterocycles. The third-order valence-electron chi connectivity index (χ3n) is 6.89. The molecule has 1 N–H and O–H groups in total. The zero-order chi connectivity index (χ0) is 27.3. The predicted octanol–water partition coefficient (Wildman–Crippen LogP) is 4.61. The molecule has 1 unspecified atom stereocenters. The Hall–Kier alpha value is -4.08. The Morgan fingerprint density at radius 3 is 1.53 bits per heavy atom. The Morgan fingerprint density at radius 2 is 1.13 bits per heavy atom. The number of phenolic OH excluding ortho intramolecular Hbond substituents is 1. The molecule has 0 aliphatic heterocycles. The molecule has 0 aliphatic carbocycles. The first-order chi connectivity index (χ1) is 18.4. The van der Waals surface area contributed by atoms with Crippen LogP contribution >= 0.6 is 6.89 Å². The van der Waals surface area contributed by atoms with Gasteiger partial charge >= 0.3 is 11.9 Å². The van der Waals surface area contributed by atoms with E-state index in [1.165, 1.54) is 14.2 Å². The van der Waals surface area contributed by atoms with Crippen LogP contribution in [0.3, 0.4) is 0 Å². The van der Waals surface area contributed by atoms with Gasteiger partial charge in [-0.15, -0.1) is 0 Å². The SMILES string of the molecule is COC(=O)C(C(C(=O)OC)c1c(C)ccc(O)c1C)=P(c1ccccc1)(c1ccccc1)c1ccccc1. The van der Waals surface area contributed by atoms with E-state index in [9.17, 15) is 14.7 Å². The lowest BCUT2D eigenvalue weighted by molar-refractivity contribution is -0.142. The molecule has 5 nitrogen and oxygen atoms in total. The summed E-state index contributed by atoms with van der Waals surface area (Å²) in [4.78, 5) is 27.9. The lowest BCUT2D eigenvalue weighted by Crippen LogP contribution is -2.40. The number of ether oxygens (including phenoxy) is 2. The monoisotopic (exact) mass is 526 g/mol. The van der Waals surface area contributed by atoms with E-state index in [4.69, 9.17) is 9.47 Å². The number of hydrogen-bond donors (Lipinski definition) is 1. The predicted molar refractivity (Wildman–Crippen MR) is 155 cm³/mol. The van der Waals surface area contributed by atoms with Crippen molar-refractivity contribution in [2.75, 3.05) is 14.2 Å². The summed E-state index contributed by atoms with van der Waals surface area (Å²) in [6.45, 7) is 0.588. The maximum absolute atomic E-state index is 14.1. The molecule has 38 heavy (non-hydrogen) atoms. The quantitative estimate of drug-likeness (QED) is 0.281. The number of aryl methyl sites for hydroxylation is 1. The molecule has 194 valence electrons. The highest BCUT2D eigenvalue weighted by Crippen LogP contribution is 2.50. The first-order valence-corrected chi connectivity index (χ1v) is 14.0. The molecule has 4 aromatic carbocycles. The summed E-state index contributed by atoms with van der Waals surface area (Å²) < 4.78 is 10.8. The van der Waals surface area contributed by atoms with Crippen LogP contribution in [0.4, 0.5) is 0 Å². The maximum Gasteiger partial charge on any atom is 0.336 e. The lowest BCUT2D eigenvalue weighted by Gasteiger charge is -2.35. The average Bonchev–Trinajstić information content (AvgIpc) is 2.97. The fraction of sp³-hybridized carbons (Fsp3) is 0.156. The second kappa shape index (κ2) is 11.5. The van der Waals surface area contributed by atoms with Crippen molar-refractivity contribution in [2.45, 2.75) is 19.8 Å². The fourth-order valence-corrected chi connectivity index (χ4v) is 9.73. The van der Waals surface area contributed by atoms with Crippen LogP contribution in [0.15, 0.2) is 103 Å². The topological polar surface area (TPSA) is 72.8 Å². The number of rotatable bonds is 7. The third kappa shape index (κ3) is 4.66. The van der Waals surface area contributed by atoms with Crippen molar-refractivity contribution >= 4 is 40.0 Å². The molecule has 0 bridgehead atoms. The molecule has 4 rings (SSSR count). The molecule has 0 amide bonds. The standard InChI is InChI=1S/C32H31O5P/c1-22-20-21-27(33)23(2)28(22)29(31(34)36-3)30(32(35)37-4)38(24-14-8-5-9-15-24,25-16-10-6-11-17-25)26-18-12-7-13-19-26/h5-21,29,33H,1-4H3. The normalized spacial score (nSPS) is 11.9. The van der Waals surface area contributed by atoms with Crippen molar-refractivity contribution in [1.29, 1.82) is 0 Å². The van der Waals surface area contributed by atoms with Crippen molar-refractivity contribution < 1.29 is 24.2 Å². The van der Waals surface area contributed by atoms with Crippen molar-refractivity contribution in [2.24, 2.45) is 0 Å². The highest BCUT2D eigenvalue weighted by Gasteiger charge is 2.43. The van der Waals surface area contributed by atoms with E-state index in [0.29, 0.717) is 11.1 Å². The van der Waals surface area contributed by atoms with Crippen LogP contribution in [0.2, 0.25) is 0 Å². The van der Waals surface area contributed by atoms with E-state index in [1.54, 1.807) is 19.1 Å². The second-order valence-electron chi connectivity index (χ2n) is 8.95. The summed E-state index contributed by atoms with van der Waals surface area (Å²) in [5.74, 6) is -2.30. The minimum atomic E-state index is -3.02. The number of aromatic hydroxyl groups is 1. The molecule has 4 aromatic rings. The number of hydrogen-bond acceptors (Lipinski definition) is 5. The van der Waals surface area contributed by atoms with Crippen molar-refractivity contribution in [3.05, 3.63) is 120 Å². The molecule has 0 saturated heterocycles. The van der Waals surface area contributed by atoms with E-state index < -0.39 is 24.7 Å². The summed E-state index contributed by atoms with van der Waals surface area (Å²) in [6, 6.07) is 32.7. The van der Waals surface area contributed by atoms with Gasteiger partial charge in [-0.3, -0.25) is 4.79 Å². The van der Waals surface area contributed by atoms with E-state index in [0.717, 1.165) is 21.5 Å². The highest BCUT2D eigenvalue weighted by atomic mass is 31.2. The van der Waals surface area contributed by atoms with Crippen molar-refractivity contribution in [3.63, 3.8) is 0 Å². The Morgan fingerprint density at radius 1 is 0.684 bits per heavy atom. The Kier molecular flexibility index (Phi) is 8.19. The fourth-order valence-electron chi connectivity index (χ4n) is 5.15. The van der Waals surface area contributed by atoms with Gasteiger partial charge in [-0.25, -0.2) is 4.79 Å². The number of methoxy groups -OCH3 is 2.